The van der Waals surface area contributed by atoms with Crippen LogP contribution in [-0.4, -0.2) is 9.97 Å². The van der Waals surface area contributed by atoms with E-state index in [0.717, 1.165) is 34.5 Å². The first-order chi connectivity index (χ1) is 13.9. The third kappa shape index (κ3) is 4.51. The zero-order valence-electron chi connectivity index (χ0n) is 15.3. The highest BCUT2D eigenvalue weighted by Gasteiger charge is 2.32. The minimum atomic E-state index is -4.52. The number of nitrogens with one attached hydrogen (secondary N) is 5. The molecule has 5 N–H and O–H groups in total. The van der Waals surface area contributed by atoms with Crippen LogP contribution < -0.4 is 27.2 Å². The van der Waals surface area contributed by atoms with Gasteiger partial charge in [-0.3, -0.25) is 0 Å². The van der Waals surface area contributed by atoms with Crippen LogP contribution in [0.3, 0.4) is 0 Å². The molecular formula is C19H18F3N7. The fourth-order valence-electron chi connectivity index (χ4n) is 3.04. The quantitative estimate of drug-likeness (QED) is 0.459. The second kappa shape index (κ2) is 7.76. The predicted molar refractivity (Wildman–Crippen MR) is 102 cm³/mol. The van der Waals surface area contributed by atoms with Crippen molar-refractivity contribution in [3.63, 3.8) is 0 Å². The summed E-state index contributed by atoms with van der Waals surface area (Å²) in [6.45, 7) is 1.92. The van der Waals surface area contributed by atoms with E-state index < -0.39 is 11.9 Å². The molecule has 2 heterocycles. The molecule has 0 radical (unpaired) electrons. The second-order valence-corrected chi connectivity index (χ2v) is 6.57. The molecule has 1 aromatic heterocycles. The monoisotopic (exact) mass is 401 g/mol. The summed E-state index contributed by atoms with van der Waals surface area (Å²) < 4.78 is 38.7. The van der Waals surface area contributed by atoms with E-state index in [-0.39, 0.29) is 12.1 Å². The van der Waals surface area contributed by atoms with Gasteiger partial charge in [0.1, 0.15) is 11.9 Å². The van der Waals surface area contributed by atoms with Gasteiger partial charge in [0.15, 0.2) is 0 Å². The normalized spacial score (nSPS) is 14.9. The van der Waals surface area contributed by atoms with Crippen LogP contribution in [0.4, 0.5) is 24.8 Å². The number of aromatic nitrogens is 2. The Bertz CT molecular complexity index is 1020. The van der Waals surface area contributed by atoms with Crippen molar-refractivity contribution in [3.8, 4) is 11.1 Å². The minimum absolute atomic E-state index is 0.101. The Labute approximate surface area is 164 Å². The first-order valence-electron chi connectivity index (χ1n) is 8.79. The number of aryl methyl sites for hydroxylation is 1. The van der Waals surface area contributed by atoms with E-state index in [9.17, 15) is 13.2 Å². The smallest absolute Gasteiger partial charge is 0.324 e. The van der Waals surface area contributed by atoms with Crippen LogP contribution in [0.5, 0.6) is 0 Å². The van der Waals surface area contributed by atoms with Crippen LogP contribution in [0.1, 0.15) is 23.0 Å². The lowest BCUT2D eigenvalue weighted by atomic mass is 10.00. The Morgan fingerprint density at radius 1 is 0.966 bits per heavy atom. The fraction of sp³-hybridized carbons (Fsp3) is 0.158. The van der Waals surface area contributed by atoms with Crippen molar-refractivity contribution in [1.29, 1.82) is 0 Å². The molecule has 1 saturated heterocycles. The Morgan fingerprint density at radius 3 is 2.52 bits per heavy atom. The van der Waals surface area contributed by atoms with Crippen LogP contribution >= 0.6 is 0 Å². The van der Waals surface area contributed by atoms with Crippen molar-refractivity contribution < 1.29 is 13.2 Å². The zero-order valence-corrected chi connectivity index (χ0v) is 15.3. The van der Waals surface area contributed by atoms with Crippen molar-refractivity contribution >= 4 is 11.6 Å². The van der Waals surface area contributed by atoms with Gasteiger partial charge < -0.3 is 5.32 Å². The van der Waals surface area contributed by atoms with Gasteiger partial charge in [-0.1, -0.05) is 24.3 Å². The molecule has 0 atom stereocenters. The number of nitrogens with zero attached hydrogens (tertiary/aromatic N) is 2. The standard InChI is InChI=1S/C19H18F3N7/c1-11-7-14(12-3-2-4-13(9-12)17-26-28-29-27-17)10-15(8-11)24-18-23-6-5-16(25-18)19(20,21)22/h2-10,17,26-29H,1H3,(H,23,24,25). The number of halogens is 3. The molecule has 0 amide bonds. The number of anilines is 2. The summed E-state index contributed by atoms with van der Waals surface area (Å²) in [5, 5.41) is 2.87. The number of benzene rings is 2. The lowest BCUT2D eigenvalue weighted by Gasteiger charge is -2.13. The first kappa shape index (κ1) is 19.3. The Balaban J connectivity index is 1.63. The van der Waals surface area contributed by atoms with Crippen molar-refractivity contribution in [1.82, 2.24) is 31.9 Å². The summed E-state index contributed by atoms with van der Waals surface area (Å²) in [6, 6.07) is 14.4. The highest BCUT2D eigenvalue weighted by atomic mass is 19.4. The number of hydrogen-bond donors (Lipinski definition) is 5. The first-order valence-corrected chi connectivity index (χ1v) is 8.79. The molecule has 0 spiro atoms. The van der Waals surface area contributed by atoms with E-state index in [0.29, 0.717) is 5.69 Å². The number of alkyl halides is 3. The molecule has 4 rings (SSSR count). The van der Waals surface area contributed by atoms with E-state index in [1.807, 2.05) is 49.4 Å². The Morgan fingerprint density at radius 2 is 1.76 bits per heavy atom. The van der Waals surface area contributed by atoms with Crippen molar-refractivity contribution in [2.75, 3.05) is 5.32 Å². The molecule has 0 aliphatic carbocycles. The van der Waals surface area contributed by atoms with E-state index in [4.69, 9.17) is 0 Å². The maximum atomic E-state index is 12.9. The molecule has 0 saturated carbocycles. The van der Waals surface area contributed by atoms with Crippen LogP contribution in [0.15, 0.2) is 54.7 Å². The Kier molecular flexibility index (Phi) is 5.16. The van der Waals surface area contributed by atoms with Gasteiger partial charge in [0.2, 0.25) is 5.95 Å². The summed E-state index contributed by atoms with van der Waals surface area (Å²) in [5.74, 6) is -0.110. The lowest BCUT2D eigenvalue weighted by molar-refractivity contribution is -0.141. The van der Waals surface area contributed by atoms with Crippen LogP contribution in [0.2, 0.25) is 0 Å². The van der Waals surface area contributed by atoms with Gasteiger partial charge in [-0.2, -0.15) is 24.2 Å². The highest BCUT2D eigenvalue weighted by Crippen LogP contribution is 2.30. The summed E-state index contributed by atoms with van der Waals surface area (Å²) in [7, 11) is 0. The fourth-order valence-corrected chi connectivity index (χ4v) is 3.04. The molecule has 10 heteroatoms. The van der Waals surface area contributed by atoms with E-state index in [2.05, 4.69) is 37.2 Å². The molecule has 1 aliphatic rings. The SMILES string of the molecule is Cc1cc(Nc2nccc(C(F)(F)F)n2)cc(-c2cccc(C3NNNN3)c2)c1. The van der Waals surface area contributed by atoms with Gasteiger partial charge in [-0.15, -0.1) is 0 Å². The van der Waals surface area contributed by atoms with E-state index in [1.54, 1.807) is 0 Å². The molecule has 150 valence electrons. The number of hydrogen-bond acceptors (Lipinski definition) is 7. The summed E-state index contributed by atoms with van der Waals surface area (Å²) in [5.41, 5.74) is 15.1. The van der Waals surface area contributed by atoms with E-state index >= 15 is 0 Å². The van der Waals surface area contributed by atoms with Gasteiger partial charge >= 0.3 is 6.18 Å². The average molecular weight is 401 g/mol. The molecule has 1 aliphatic heterocycles. The summed E-state index contributed by atoms with van der Waals surface area (Å²) >= 11 is 0. The zero-order chi connectivity index (χ0) is 20.4. The third-order valence-corrected chi connectivity index (χ3v) is 4.33. The summed E-state index contributed by atoms with van der Waals surface area (Å²) in [6.07, 6.45) is -3.54. The van der Waals surface area contributed by atoms with E-state index in [1.165, 1.54) is 0 Å². The average Bonchev–Trinajstić information content (AvgIpc) is 3.22. The van der Waals surface area contributed by atoms with Gasteiger partial charge in [0.05, 0.1) is 0 Å². The number of hydrazine groups is 3. The van der Waals surface area contributed by atoms with Crippen molar-refractivity contribution in [3.05, 3.63) is 71.5 Å². The van der Waals surface area contributed by atoms with Gasteiger partial charge in [-0.25, -0.2) is 20.8 Å². The molecule has 2 aromatic carbocycles. The second-order valence-electron chi connectivity index (χ2n) is 6.57. The molecular weight excluding hydrogens is 383 g/mol. The van der Waals surface area contributed by atoms with Crippen molar-refractivity contribution in [2.24, 2.45) is 0 Å². The predicted octanol–water partition coefficient (Wildman–Crippen LogP) is 3.33. The largest absolute Gasteiger partial charge is 0.433 e. The molecule has 0 unspecified atom stereocenters. The summed E-state index contributed by atoms with van der Waals surface area (Å²) in [4.78, 5) is 7.45. The molecule has 7 nitrogen and oxygen atoms in total. The Hall–Kier alpha value is -3.05. The van der Waals surface area contributed by atoms with Gasteiger partial charge in [-0.05, 0) is 53.4 Å². The molecule has 0 bridgehead atoms. The van der Waals surface area contributed by atoms with Crippen molar-refractivity contribution in [2.45, 2.75) is 19.3 Å². The molecule has 1 fully saturated rings. The van der Waals surface area contributed by atoms with Crippen LogP contribution in [0, 0.1) is 6.92 Å². The van der Waals surface area contributed by atoms with Crippen LogP contribution in [0.25, 0.3) is 11.1 Å². The lowest BCUT2D eigenvalue weighted by Crippen LogP contribution is -2.33. The maximum absolute atomic E-state index is 12.9. The van der Waals surface area contributed by atoms with Gasteiger partial charge in [0, 0.05) is 11.9 Å². The highest BCUT2D eigenvalue weighted by molar-refractivity contribution is 5.71. The topological polar surface area (TPSA) is 85.9 Å². The molecule has 3 aromatic rings. The molecule has 29 heavy (non-hydrogen) atoms. The minimum Gasteiger partial charge on any atom is -0.324 e. The number of rotatable bonds is 4. The van der Waals surface area contributed by atoms with Gasteiger partial charge in [0.25, 0.3) is 0 Å². The maximum Gasteiger partial charge on any atom is 0.433 e. The van der Waals surface area contributed by atoms with Crippen LogP contribution in [-0.2, 0) is 6.18 Å². The third-order valence-electron chi connectivity index (χ3n) is 4.33.